The maximum atomic E-state index is 11.9. The van der Waals surface area contributed by atoms with E-state index < -0.39 is 0 Å². The molecular weight excluding hydrogens is 238 g/mol. The number of amides is 1. The molecule has 0 heterocycles. The summed E-state index contributed by atoms with van der Waals surface area (Å²) in [6.45, 7) is 11.8. The van der Waals surface area contributed by atoms with Crippen LogP contribution in [0, 0.1) is 6.92 Å². The van der Waals surface area contributed by atoms with Crippen molar-refractivity contribution in [3.63, 3.8) is 0 Å². The van der Waals surface area contributed by atoms with Gasteiger partial charge in [0.15, 0.2) is 6.61 Å². The Morgan fingerprint density at radius 3 is 2.42 bits per heavy atom. The van der Waals surface area contributed by atoms with E-state index in [1.165, 1.54) is 5.56 Å². The Kier molecular flexibility index (Phi) is 5.87. The second kappa shape index (κ2) is 7.17. The second-order valence-electron chi connectivity index (χ2n) is 5.03. The summed E-state index contributed by atoms with van der Waals surface area (Å²) < 4.78 is 5.68. The summed E-state index contributed by atoms with van der Waals surface area (Å²) in [4.78, 5) is 13.7. The smallest absolute Gasteiger partial charge is 0.260 e. The Balaban J connectivity index is 2.72. The highest BCUT2D eigenvalue weighted by molar-refractivity contribution is 5.77. The Hall–Kier alpha value is -1.51. The van der Waals surface area contributed by atoms with Gasteiger partial charge >= 0.3 is 0 Å². The highest BCUT2D eigenvalue weighted by Gasteiger charge is 2.11. The second-order valence-corrected chi connectivity index (χ2v) is 5.03. The molecule has 1 aromatic rings. The Morgan fingerprint density at radius 1 is 1.26 bits per heavy atom. The third-order valence-electron chi connectivity index (χ3n) is 3.35. The van der Waals surface area contributed by atoms with Crippen LogP contribution in [0.5, 0.6) is 5.75 Å². The molecule has 1 aromatic carbocycles. The summed E-state index contributed by atoms with van der Waals surface area (Å²) in [5, 5.41) is 0. The first kappa shape index (κ1) is 15.5. The summed E-state index contributed by atoms with van der Waals surface area (Å²) in [5.41, 5.74) is 2.30. The number of hydrogen-bond acceptors (Lipinski definition) is 2. The predicted octanol–water partition coefficient (Wildman–Crippen LogP) is 3.37. The van der Waals surface area contributed by atoms with Crippen LogP contribution in [0.15, 0.2) is 18.2 Å². The van der Waals surface area contributed by atoms with Crippen molar-refractivity contribution in [1.82, 2.24) is 4.90 Å². The maximum absolute atomic E-state index is 11.9. The molecule has 106 valence electrons. The van der Waals surface area contributed by atoms with Crippen LogP contribution in [0.25, 0.3) is 0 Å². The van der Waals surface area contributed by atoms with E-state index in [-0.39, 0.29) is 12.5 Å². The lowest BCUT2D eigenvalue weighted by Crippen LogP contribution is -2.34. The first-order chi connectivity index (χ1) is 8.99. The van der Waals surface area contributed by atoms with Crippen molar-refractivity contribution in [1.29, 1.82) is 0 Å². The van der Waals surface area contributed by atoms with Gasteiger partial charge in [0.2, 0.25) is 0 Å². The van der Waals surface area contributed by atoms with E-state index in [1.807, 2.05) is 32.9 Å². The van der Waals surface area contributed by atoms with Crippen molar-refractivity contribution in [2.24, 2.45) is 0 Å². The van der Waals surface area contributed by atoms with Crippen LogP contribution in [0.3, 0.4) is 0 Å². The van der Waals surface area contributed by atoms with E-state index in [0.717, 1.165) is 24.4 Å². The largest absolute Gasteiger partial charge is 0.483 e. The number of rotatable bonds is 6. The molecular formula is C16H25NO2. The van der Waals surface area contributed by atoms with Crippen LogP contribution in [0.2, 0.25) is 0 Å². The fourth-order valence-electron chi connectivity index (χ4n) is 1.94. The lowest BCUT2D eigenvalue weighted by atomic mass is 10.0. The van der Waals surface area contributed by atoms with Crippen molar-refractivity contribution < 1.29 is 9.53 Å². The number of nitrogens with zero attached hydrogens (tertiary/aromatic N) is 1. The standard InChI is InChI=1S/C16H25NO2/c1-6-17(7-2)16(18)11-19-15-10-14(12(3)4)9-8-13(15)5/h8-10,12H,6-7,11H2,1-5H3. The fraction of sp³-hybridized carbons (Fsp3) is 0.562. The molecule has 0 saturated heterocycles. The highest BCUT2D eigenvalue weighted by atomic mass is 16.5. The zero-order valence-corrected chi connectivity index (χ0v) is 12.7. The molecule has 1 rings (SSSR count). The van der Waals surface area contributed by atoms with Crippen molar-refractivity contribution in [2.45, 2.75) is 40.5 Å². The molecule has 0 aliphatic rings. The summed E-state index contributed by atoms with van der Waals surface area (Å²) in [7, 11) is 0. The topological polar surface area (TPSA) is 29.5 Å². The fourth-order valence-corrected chi connectivity index (χ4v) is 1.94. The zero-order valence-electron chi connectivity index (χ0n) is 12.7. The van der Waals surface area contributed by atoms with Gasteiger partial charge in [0.1, 0.15) is 5.75 Å². The SMILES string of the molecule is CCN(CC)C(=O)COc1cc(C(C)C)ccc1C. The summed E-state index contributed by atoms with van der Waals surface area (Å²) in [6, 6.07) is 6.20. The molecule has 19 heavy (non-hydrogen) atoms. The van der Waals surface area contributed by atoms with Crippen molar-refractivity contribution in [3.05, 3.63) is 29.3 Å². The molecule has 0 aliphatic carbocycles. The highest BCUT2D eigenvalue weighted by Crippen LogP contribution is 2.24. The molecule has 0 aromatic heterocycles. The normalized spacial score (nSPS) is 10.6. The monoisotopic (exact) mass is 263 g/mol. The van der Waals surface area contributed by atoms with Gasteiger partial charge in [-0.05, 0) is 43.9 Å². The zero-order chi connectivity index (χ0) is 14.4. The molecule has 0 fully saturated rings. The number of carbonyl (C=O) groups excluding carboxylic acids is 1. The Labute approximate surface area is 116 Å². The van der Waals surface area contributed by atoms with Gasteiger partial charge in [-0.2, -0.15) is 0 Å². The van der Waals surface area contributed by atoms with Crippen LogP contribution in [0.1, 0.15) is 44.7 Å². The van der Waals surface area contributed by atoms with E-state index in [0.29, 0.717) is 5.92 Å². The van der Waals surface area contributed by atoms with Crippen molar-refractivity contribution >= 4 is 5.91 Å². The van der Waals surface area contributed by atoms with E-state index in [1.54, 1.807) is 4.90 Å². The van der Waals surface area contributed by atoms with Gasteiger partial charge in [-0.25, -0.2) is 0 Å². The van der Waals surface area contributed by atoms with Crippen molar-refractivity contribution in [2.75, 3.05) is 19.7 Å². The minimum absolute atomic E-state index is 0.0411. The number of ether oxygens (including phenoxy) is 1. The van der Waals surface area contributed by atoms with Gasteiger partial charge in [0.25, 0.3) is 5.91 Å². The van der Waals surface area contributed by atoms with Gasteiger partial charge in [-0.3, -0.25) is 4.79 Å². The molecule has 0 spiro atoms. The molecule has 0 saturated carbocycles. The molecule has 0 N–H and O–H groups in total. The van der Waals surface area contributed by atoms with Crippen LogP contribution in [-0.4, -0.2) is 30.5 Å². The third-order valence-corrected chi connectivity index (χ3v) is 3.35. The van der Waals surface area contributed by atoms with Gasteiger partial charge in [0.05, 0.1) is 0 Å². The molecule has 0 atom stereocenters. The molecule has 0 radical (unpaired) electrons. The number of aryl methyl sites for hydroxylation is 1. The average molecular weight is 263 g/mol. The summed E-state index contributed by atoms with van der Waals surface area (Å²) in [5.74, 6) is 1.31. The van der Waals surface area contributed by atoms with E-state index in [2.05, 4.69) is 19.9 Å². The number of carbonyl (C=O) groups is 1. The summed E-state index contributed by atoms with van der Waals surface area (Å²) in [6.07, 6.45) is 0. The van der Waals surface area contributed by atoms with Gasteiger partial charge < -0.3 is 9.64 Å². The van der Waals surface area contributed by atoms with Crippen molar-refractivity contribution in [3.8, 4) is 5.75 Å². The predicted molar refractivity (Wildman–Crippen MR) is 78.7 cm³/mol. The van der Waals surface area contributed by atoms with Crippen LogP contribution in [0.4, 0.5) is 0 Å². The minimum Gasteiger partial charge on any atom is -0.483 e. The van der Waals surface area contributed by atoms with E-state index in [9.17, 15) is 4.79 Å². The summed E-state index contributed by atoms with van der Waals surface area (Å²) >= 11 is 0. The average Bonchev–Trinajstić information content (AvgIpc) is 2.38. The van der Waals surface area contributed by atoms with Crippen LogP contribution < -0.4 is 4.74 Å². The molecule has 0 aliphatic heterocycles. The lowest BCUT2D eigenvalue weighted by molar-refractivity contribution is -0.132. The lowest BCUT2D eigenvalue weighted by Gasteiger charge is -2.19. The number of likely N-dealkylation sites (N-methyl/N-ethyl adjacent to an activating group) is 1. The maximum Gasteiger partial charge on any atom is 0.260 e. The quantitative estimate of drug-likeness (QED) is 0.787. The Bertz CT molecular complexity index is 423. The molecule has 3 nitrogen and oxygen atoms in total. The first-order valence-corrected chi connectivity index (χ1v) is 7.00. The Morgan fingerprint density at radius 2 is 1.89 bits per heavy atom. The third kappa shape index (κ3) is 4.27. The minimum atomic E-state index is 0.0411. The molecule has 1 amide bonds. The molecule has 3 heteroatoms. The van der Waals surface area contributed by atoms with E-state index in [4.69, 9.17) is 4.74 Å². The van der Waals surface area contributed by atoms with Gasteiger partial charge in [-0.1, -0.05) is 26.0 Å². The number of benzene rings is 1. The first-order valence-electron chi connectivity index (χ1n) is 7.00. The van der Waals surface area contributed by atoms with E-state index >= 15 is 0 Å². The number of hydrogen-bond donors (Lipinski definition) is 0. The van der Waals surface area contributed by atoms with Crippen LogP contribution >= 0.6 is 0 Å². The van der Waals surface area contributed by atoms with Gasteiger partial charge in [-0.15, -0.1) is 0 Å². The van der Waals surface area contributed by atoms with Gasteiger partial charge in [0, 0.05) is 13.1 Å². The molecule has 0 bridgehead atoms. The van der Waals surface area contributed by atoms with Crippen LogP contribution in [-0.2, 0) is 4.79 Å². The molecule has 0 unspecified atom stereocenters.